The molecule has 0 bridgehead atoms. The number of rotatable bonds is 5. The third-order valence-electron chi connectivity index (χ3n) is 3.29. The second-order valence-electron chi connectivity index (χ2n) is 4.89. The Labute approximate surface area is 126 Å². The molecule has 3 rings (SSSR count). The Bertz CT molecular complexity index is 727. The minimum Gasteiger partial charge on any atom is -0.306 e. The average Bonchev–Trinajstić information content (AvgIpc) is 2.91. The Morgan fingerprint density at radius 1 is 1.24 bits per heavy atom. The molecule has 0 aliphatic rings. The van der Waals surface area contributed by atoms with Gasteiger partial charge in [-0.3, -0.25) is 0 Å². The minimum atomic E-state index is -0.201. The van der Waals surface area contributed by atoms with E-state index in [9.17, 15) is 4.39 Å². The van der Waals surface area contributed by atoms with Gasteiger partial charge in [0.2, 0.25) is 0 Å². The van der Waals surface area contributed by atoms with Gasteiger partial charge in [0.1, 0.15) is 12.1 Å². The Balaban J connectivity index is 2.01. The van der Waals surface area contributed by atoms with E-state index in [2.05, 4.69) is 22.2 Å². The van der Waals surface area contributed by atoms with Crippen LogP contribution in [0.4, 0.5) is 4.39 Å². The van der Waals surface area contributed by atoms with Crippen molar-refractivity contribution in [2.45, 2.75) is 19.4 Å². The summed E-state index contributed by atoms with van der Waals surface area (Å²) in [6, 6.07) is 7.00. The van der Waals surface area contributed by atoms with Crippen LogP contribution >= 0.6 is 11.3 Å². The van der Waals surface area contributed by atoms with Crippen molar-refractivity contribution in [1.29, 1.82) is 0 Å². The molecule has 1 N–H and O–H groups in total. The maximum absolute atomic E-state index is 13.3. The summed E-state index contributed by atoms with van der Waals surface area (Å²) < 4.78 is 14.4. The van der Waals surface area contributed by atoms with Crippen molar-refractivity contribution < 1.29 is 4.39 Å². The lowest BCUT2D eigenvalue weighted by Gasteiger charge is -2.16. The van der Waals surface area contributed by atoms with Gasteiger partial charge < -0.3 is 5.32 Å². The predicted molar refractivity (Wildman–Crippen MR) is 84.0 cm³/mol. The van der Waals surface area contributed by atoms with E-state index >= 15 is 0 Å². The molecule has 0 spiro atoms. The molecular weight excluding hydrogens is 285 g/mol. The van der Waals surface area contributed by atoms with Crippen LogP contribution in [0.25, 0.3) is 10.1 Å². The molecule has 0 saturated heterocycles. The fraction of sp³-hybridized carbons (Fsp3) is 0.250. The first-order chi connectivity index (χ1) is 10.3. The molecule has 1 unspecified atom stereocenters. The van der Waals surface area contributed by atoms with Crippen molar-refractivity contribution in [3.63, 3.8) is 0 Å². The van der Waals surface area contributed by atoms with Crippen molar-refractivity contribution in [3.8, 4) is 0 Å². The number of nitrogens with one attached hydrogen (secondary N) is 1. The molecule has 0 fully saturated rings. The molecule has 1 aromatic carbocycles. The quantitative estimate of drug-likeness (QED) is 0.776. The zero-order valence-corrected chi connectivity index (χ0v) is 12.5. The van der Waals surface area contributed by atoms with Crippen molar-refractivity contribution in [2.24, 2.45) is 0 Å². The third-order valence-corrected chi connectivity index (χ3v) is 4.48. The topological polar surface area (TPSA) is 37.8 Å². The van der Waals surface area contributed by atoms with Gasteiger partial charge in [-0.05, 0) is 42.6 Å². The van der Waals surface area contributed by atoms with E-state index in [-0.39, 0.29) is 11.9 Å². The fourth-order valence-corrected chi connectivity index (χ4v) is 3.46. The standard InChI is InChI=1S/C16H16FN3S/c1-2-5-20-16(12-8-18-10-19-9-12)15-7-11-6-13(17)3-4-14(11)21-15/h3-4,6-10,16,20H,2,5H2,1H3. The largest absolute Gasteiger partial charge is 0.306 e. The van der Waals surface area contributed by atoms with Crippen LogP contribution in [0.3, 0.4) is 0 Å². The first-order valence-corrected chi connectivity index (χ1v) is 7.77. The molecule has 108 valence electrons. The molecule has 0 aliphatic heterocycles. The maximum Gasteiger partial charge on any atom is 0.123 e. The van der Waals surface area contributed by atoms with Gasteiger partial charge in [0.25, 0.3) is 0 Å². The predicted octanol–water partition coefficient (Wildman–Crippen LogP) is 3.92. The summed E-state index contributed by atoms with van der Waals surface area (Å²) in [5.41, 5.74) is 1.03. The van der Waals surface area contributed by atoms with Crippen molar-refractivity contribution >= 4 is 21.4 Å². The second kappa shape index (κ2) is 6.28. The summed E-state index contributed by atoms with van der Waals surface area (Å²) >= 11 is 1.67. The van der Waals surface area contributed by atoms with E-state index in [1.165, 1.54) is 12.4 Å². The van der Waals surface area contributed by atoms with Crippen LogP contribution in [-0.4, -0.2) is 16.5 Å². The molecular formula is C16H16FN3S. The lowest BCUT2D eigenvalue weighted by molar-refractivity contribution is 0.602. The lowest BCUT2D eigenvalue weighted by Crippen LogP contribution is -2.22. The summed E-state index contributed by atoms with van der Waals surface area (Å²) in [5.74, 6) is -0.201. The molecule has 3 nitrogen and oxygen atoms in total. The highest BCUT2D eigenvalue weighted by molar-refractivity contribution is 7.19. The SMILES string of the molecule is CCCNC(c1cncnc1)c1cc2cc(F)ccc2s1. The zero-order chi connectivity index (χ0) is 14.7. The lowest BCUT2D eigenvalue weighted by atomic mass is 10.1. The van der Waals surface area contributed by atoms with E-state index in [4.69, 9.17) is 0 Å². The van der Waals surface area contributed by atoms with Crippen LogP contribution < -0.4 is 5.32 Å². The molecule has 21 heavy (non-hydrogen) atoms. The molecule has 0 amide bonds. The number of nitrogens with zero attached hydrogens (tertiary/aromatic N) is 2. The number of aromatic nitrogens is 2. The molecule has 2 aromatic heterocycles. The summed E-state index contributed by atoms with van der Waals surface area (Å²) in [6.07, 6.45) is 6.22. The van der Waals surface area contributed by atoms with Crippen LogP contribution in [0.5, 0.6) is 0 Å². The normalized spacial score (nSPS) is 12.7. The van der Waals surface area contributed by atoms with Crippen LogP contribution in [0.15, 0.2) is 43.0 Å². The number of hydrogen-bond acceptors (Lipinski definition) is 4. The van der Waals surface area contributed by atoms with Gasteiger partial charge in [0, 0.05) is 27.5 Å². The van der Waals surface area contributed by atoms with E-state index in [0.29, 0.717) is 0 Å². The molecule has 0 aliphatic carbocycles. The molecule has 0 radical (unpaired) electrons. The summed E-state index contributed by atoms with van der Waals surface area (Å²) in [7, 11) is 0. The van der Waals surface area contributed by atoms with Gasteiger partial charge in [-0.1, -0.05) is 6.92 Å². The Morgan fingerprint density at radius 2 is 2.05 bits per heavy atom. The summed E-state index contributed by atoms with van der Waals surface area (Å²) in [6.45, 7) is 3.04. The van der Waals surface area contributed by atoms with Crippen LogP contribution in [0.2, 0.25) is 0 Å². The van der Waals surface area contributed by atoms with Gasteiger partial charge in [0.05, 0.1) is 6.04 Å². The monoisotopic (exact) mass is 301 g/mol. The summed E-state index contributed by atoms with van der Waals surface area (Å²) in [5, 5.41) is 4.45. The third kappa shape index (κ3) is 3.09. The van der Waals surface area contributed by atoms with Gasteiger partial charge in [-0.15, -0.1) is 11.3 Å². The van der Waals surface area contributed by atoms with Gasteiger partial charge in [-0.2, -0.15) is 0 Å². The Kier molecular flexibility index (Phi) is 4.22. The van der Waals surface area contributed by atoms with Crippen LogP contribution in [0.1, 0.15) is 29.8 Å². The zero-order valence-electron chi connectivity index (χ0n) is 11.7. The number of fused-ring (bicyclic) bond motifs is 1. The van der Waals surface area contributed by atoms with Crippen LogP contribution in [0, 0.1) is 5.82 Å². The van der Waals surface area contributed by atoms with Crippen molar-refractivity contribution in [3.05, 3.63) is 59.2 Å². The smallest absolute Gasteiger partial charge is 0.123 e. The Hall–Kier alpha value is -1.85. The number of hydrogen-bond donors (Lipinski definition) is 1. The average molecular weight is 301 g/mol. The second-order valence-corrected chi connectivity index (χ2v) is 6.01. The first-order valence-electron chi connectivity index (χ1n) is 6.95. The number of benzene rings is 1. The van der Waals surface area contributed by atoms with E-state index < -0.39 is 0 Å². The van der Waals surface area contributed by atoms with E-state index in [0.717, 1.165) is 33.5 Å². The summed E-state index contributed by atoms with van der Waals surface area (Å²) in [4.78, 5) is 9.35. The Morgan fingerprint density at radius 3 is 2.81 bits per heavy atom. The van der Waals surface area contributed by atoms with Gasteiger partial charge >= 0.3 is 0 Å². The highest BCUT2D eigenvalue weighted by Crippen LogP contribution is 2.33. The molecule has 0 saturated carbocycles. The number of thiophene rings is 1. The molecule has 2 heterocycles. The number of halogens is 1. The molecule has 5 heteroatoms. The fourth-order valence-electron chi connectivity index (χ4n) is 2.31. The van der Waals surface area contributed by atoms with Crippen molar-refractivity contribution in [2.75, 3.05) is 6.54 Å². The highest BCUT2D eigenvalue weighted by Gasteiger charge is 2.17. The van der Waals surface area contributed by atoms with Gasteiger partial charge in [0.15, 0.2) is 0 Å². The molecule has 3 aromatic rings. The maximum atomic E-state index is 13.3. The van der Waals surface area contributed by atoms with E-state index in [1.807, 2.05) is 24.5 Å². The van der Waals surface area contributed by atoms with Gasteiger partial charge in [-0.25, -0.2) is 14.4 Å². The molecule has 1 atom stereocenters. The minimum absolute atomic E-state index is 0.0478. The van der Waals surface area contributed by atoms with Crippen LogP contribution in [-0.2, 0) is 0 Å². The van der Waals surface area contributed by atoms with E-state index in [1.54, 1.807) is 17.4 Å². The first kappa shape index (κ1) is 14.1. The van der Waals surface area contributed by atoms with Crippen molar-refractivity contribution in [1.82, 2.24) is 15.3 Å². The highest BCUT2D eigenvalue weighted by atomic mass is 32.1.